The van der Waals surface area contributed by atoms with Crippen LogP contribution in [-0.2, 0) is 6.54 Å². The highest BCUT2D eigenvalue weighted by atomic mass is 19.1. The number of phenols is 1. The predicted octanol–water partition coefficient (Wildman–Crippen LogP) is 2.15. The van der Waals surface area contributed by atoms with E-state index in [0.717, 1.165) is 11.1 Å². The Morgan fingerprint density at radius 3 is 2.93 bits per heavy atom. The summed E-state index contributed by atoms with van der Waals surface area (Å²) < 4.78 is 11.8. The Balaban J connectivity index is 2.46. The van der Waals surface area contributed by atoms with E-state index >= 15 is 0 Å². The number of hydrogen-bond donors (Lipinski definition) is 2. The van der Waals surface area contributed by atoms with E-state index in [4.69, 9.17) is 0 Å². The number of para-hydroxylation sites is 1. The number of alkyl halides is 1. The van der Waals surface area contributed by atoms with Crippen molar-refractivity contribution in [2.45, 2.75) is 19.9 Å². The lowest BCUT2D eigenvalue weighted by Gasteiger charge is -2.07. The van der Waals surface area contributed by atoms with Crippen molar-refractivity contribution in [2.75, 3.05) is 13.2 Å². The maximum atomic E-state index is 11.8. The van der Waals surface area contributed by atoms with Gasteiger partial charge in [-0.05, 0) is 25.5 Å². The second kappa shape index (κ2) is 5.60. The van der Waals surface area contributed by atoms with Gasteiger partial charge in [0.05, 0.1) is 6.67 Å². The monoisotopic (exact) mass is 197 g/mol. The second-order valence-corrected chi connectivity index (χ2v) is 3.30. The van der Waals surface area contributed by atoms with Gasteiger partial charge in [0, 0.05) is 12.1 Å². The van der Waals surface area contributed by atoms with Crippen LogP contribution in [0, 0.1) is 6.92 Å². The Morgan fingerprint density at radius 2 is 2.21 bits per heavy atom. The molecule has 0 spiro atoms. The summed E-state index contributed by atoms with van der Waals surface area (Å²) in [7, 11) is 0. The van der Waals surface area contributed by atoms with E-state index in [-0.39, 0.29) is 6.67 Å². The Kier molecular flexibility index (Phi) is 4.40. The molecule has 1 aromatic carbocycles. The van der Waals surface area contributed by atoms with Gasteiger partial charge < -0.3 is 10.4 Å². The van der Waals surface area contributed by atoms with Crippen LogP contribution in [0.2, 0.25) is 0 Å². The molecular formula is C11H16FNO. The van der Waals surface area contributed by atoms with E-state index in [2.05, 4.69) is 5.32 Å². The van der Waals surface area contributed by atoms with Gasteiger partial charge in [0.15, 0.2) is 0 Å². The van der Waals surface area contributed by atoms with E-state index in [0.29, 0.717) is 25.3 Å². The van der Waals surface area contributed by atoms with Crippen LogP contribution in [0.3, 0.4) is 0 Å². The minimum Gasteiger partial charge on any atom is -0.507 e. The molecule has 0 heterocycles. The van der Waals surface area contributed by atoms with Crippen LogP contribution in [0.4, 0.5) is 4.39 Å². The molecule has 0 aliphatic heterocycles. The van der Waals surface area contributed by atoms with Crippen LogP contribution < -0.4 is 5.32 Å². The number of halogens is 1. The molecule has 14 heavy (non-hydrogen) atoms. The average Bonchev–Trinajstić information content (AvgIpc) is 2.19. The van der Waals surface area contributed by atoms with E-state index in [1.807, 2.05) is 25.1 Å². The van der Waals surface area contributed by atoms with E-state index in [1.54, 1.807) is 0 Å². The SMILES string of the molecule is Cc1cccc(CNCCCF)c1O. The molecule has 0 aliphatic rings. The Morgan fingerprint density at radius 1 is 1.43 bits per heavy atom. The maximum absolute atomic E-state index is 11.8. The molecule has 2 nitrogen and oxygen atoms in total. The highest BCUT2D eigenvalue weighted by Crippen LogP contribution is 2.20. The van der Waals surface area contributed by atoms with Crippen molar-refractivity contribution in [2.24, 2.45) is 0 Å². The van der Waals surface area contributed by atoms with Gasteiger partial charge in [-0.2, -0.15) is 0 Å². The van der Waals surface area contributed by atoms with Crippen molar-refractivity contribution < 1.29 is 9.50 Å². The molecule has 1 aromatic rings. The van der Waals surface area contributed by atoms with Gasteiger partial charge in [-0.1, -0.05) is 18.2 Å². The van der Waals surface area contributed by atoms with E-state index < -0.39 is 0 Å². The summed E-state index contributed by atoms with van der Waals surface area (Å²) in [5.74, 6) is 0.334. The Hall–Kier alpha value is -1.09. The van der Waals surface area contributed by atoms with Crippen LogP contribution >= 0.6 is 0 Å². The standard InChI is InChI=1S/C11H16FNO/c1-9-4-2-5-10(11(9)14)8-13-7-3-6-12/h2,4-5,13-14H,3,6-8H2,1H3. The number of phenolic OH excluding ortho intramolecular Hbond substituents is 1. The molecule has 78 valence electrons. The summed E-state index contributed by atoms with van der Waals surface area (Å²) in [4.78, 5) is 0. The third-order valence-electron chi connectivity index (χ3n) is 2.12. The van der Waals surface area contributed by atoms with Crippen LogP contribution in [0.1, 0.15) is 17.5 Å². The maximum Gasteiger partial charge on any atom is 0.122 e. The van der Waals surface area contributed by atoms with Crippen molar-refractivity contribution in [3.05, 3.63) is 29.3 Å². The first-order valence-corrected chi connectivity index (χ1v) is 4.80. The second-order valence-electron chi connectivity index (χ2n) is 3.30. The smallest absolute Gasteiger partial charge is 0.122 e. The molecular weight excluding hydrogens is 181 g/mol. The number of aryl methyl sites for hydroxylation is 1. The fourth-order valence-corrected chi connectivity index (χ4v) is 1.28. The molecule has 0 amide bonds. The number of nitrogens with one attached hydrogen (secondary N) is 1. The minimum atomic E-state index is -0.299. The highest BCUT2D eigenvalue weighted by molar-refractivity contribution is 5.39. The number of rotatable bonds is 5. The van der Waals surface area contributed by atoms with Crippen molar-refractivity contribution >= 4 is 0 Å². The number of benzene rings is 1. The molecule has 0 aliphatic carbocycles. The normalized spacial score (nSPS) is 10.4. The fourth-order valence-electron chi connectivity index (χ4n) is 1.28. The molecule has 0 unspecified atom stereocenters. The summed E-state index contributed by atoms with van der Waals surface area (Å²) in [6.07, 6.45) is 0.520. The molecule has 0 atom stereocenters. The van der Waals surface area contributed by atoms with Crippen molar-refractivity contribution in [1.82, 2.24) is 5.32 Å². The molecule has 0 aromatic heterocycles. The molecule has 3 heteroatoms. The zero-order valence-electron chi connectivity index (χ0n) is 8.39. The summed E-state index contributed by atoms with van der Waals surface area (Å²) in [6.45, 7) is 2.80. The van der Waals surface area contributed by atoms with Crippen LogP contribution in [0.25, 0.3) is 0 Å². The first kappa shape index (κ1) is 11.0. The summed E-state index contributed by atoms with van der Waals surface area (Å²) >= 11 is 0. The summed E-state index contributed by atoms with van der Waals surface area (Å²) in [6, 6.07) is 5.63. The van der Waals surface area contributed by atoms with E-state index in [1.165, 1.54) is 0 Å². The fraction of sp³-hybridized carbons (Fsp3) is 0.455. The third-order valence-corrected chi connectivity index (χ3v) is 2.12. The van der Waals surface area contributed by atoms with Crippen LogP contribution in [0.5, 0.6) is 5.75 Å². The number of aromatic hydroxyl groups is 1. The first-order chi connectivity index (χ1) is 6.75. The molecule has 0 radical (unpaired) electrons. The lowest BCUT2D eigenvalue weighted by Crippen LogP contribution is -2.15. The molecule has 0 saturated carbocycles. The molecule has 0 saturated heterocycles. The molecule has 0 fully saturated rings. The average molecular weight is 197 g/mol. The lowest BCUT2D eigenvalue weighted by molar-refractivity contribution is 0.448. The van der Waals surface area contributed by atoms with Gasteiger partial charge in [-0.3, -0.25) is 4.39 Å². The topological polar surface area (TPSA) is 32.3 Å². The molecule has 1 rings (SSSR count). The Labute approximate surface area is 83.8 Å². The quantitative estimate of drug-likeness (QED) is 0.709. The van der Waals surface area contributed by atoms with Crippen molar-refractivity contribution in [3.63, 3.8) is 0 Å². The van der Waals surface area contributed by atoms with E-state index in [9.17, 15) is 9.50 Å². The zero-order valence-corrected chi connectivity index (χ0v) is 8.39. The van der Waals surface area contributed by atoms with Gasteiger partial charge >= 0.3 is 0 Å². The van der Waals surface area contributed by atoms with Gasteiger partial charge in [-0.25, -0.2) is 0 Å². The lowest BCUT2D eigenvalue weighted by atomic mass is 10.1. The minimum absolute atomic E-state index is 0.299. The van der Waals surface area contributed by atoms with Crippen LogP contribution in [0.15, 0.2) is 18.2 Å². The summed E-state index contributed by atoms with van der Waals surface area (Å²) in [5, 5.41) is 12.7. The van der Waals surface area contributed by atoms with Gasteiger partial charge in [0.25, 0.3) is 0 Å². The predicted molar refractivity (Wildman–Crippen MR) is 55.1 cm³/mol. The van der Waals surface area contributed by atoms with Gasteiger partial charge in [0.1, 0.15) is 5.75 Å². The summed E-state index contributed by atoms with van der Waals surface area (Å²) in [5.41, 5.74) is 1.73. The largest absolute Gasteiger partial charge is 0.507 e. The van der Waals surface area contributed by atoms with Crippen molar-refractivity contribution in [3.8, 4) is 5.75 Å². The van der Waals surface area contributed by atoms with Gasteiger partial charge in [-0.15, -0.1) is 0 Å². The molecule has 0 bridgehead atoms. The van der Waals surface area contributed by atoms with Crippen LogP contribution in [-0.4, -0.2) is 18.3 Å². The first-order valence-electron chi connectivity index (χ1n) is 4.80. The highest BCUT2D eigenvalue weighted by Gasteiger charge is 2.01. The molecule has 2 N–H and O–H groups in total. The zero-order chi connectivity index (χ0) is 10.4. The number of hydrogen-bond acceptors (Lipinski definition) is 2. The third kappa shape index (κ3) is 3.00. The Bertz CT molecular complexity index is 289. The van der Waals surface area contributed by atoms with Gasteiger partial charge in [0.2, 0.25) is 0 Å². The van der Waals surface area contributed by atoms with Crippen molar-refractivity contribution in [1.29, 1.82) is 0 Å².